The summed E-state index contributed by atoms with van der Waals surface area (Å²) in [5, 5.41) is 19.2. The molecule has 1 N–H and O–H groups in total. The van der Waals surface area contributed by atoms with E-state index < -0.39 is 23.5 Å². The second-order valence-electron chi connectivity index (χ2n) is 7.02. The van der Waals surface area contributed by atoms with Crippen LogP contribution in [0.1, 0.15) is 47.5 Å². The predicted octanol–water partition coefficient (Wildman–Crippen LogP) is 4.76. The molecule has 0 bridgehead atoms. The van der Waals surface area contributed by atoms with Crippen LogP contribution in [-0.4, -0.2) is 33.3 Å². The van der Waals surface area contributed by atoms with Gasteiger partial charge in [0.1, 0.15) is 0 Å². The molecule has 4 rings (SSSR count). The number of thioether (sulfide) groups is 1. The van der Waals surface area contributed by atoms with Crippen LogP contribution in [0.2, 0.25) is 0 Å². The van der Waals surface area contributed by atoms with E-state index in [0.717, 1.165) is 5.56 Å². The molecule has 1 aromatic carbocycles. The molecule has 30 heavy (non-hydrogen) atoms. The largest absolute Gasteiger partial charge is 0.503 e. The van der Waals surface area contributed by atoms with Crippen molar-refractivity contribution in [1.82, 2.24) is 10.2 Å². The van der Waals surface area contributed by atoms with Crippen LogP contribution in [0.3, 0.4) is 0 Å². The number of aromatic nitrogens is 2. The number of carbonyl (C=O) groups excluding carboxylic acids is 2. The maximum Gasteiger partial charge on any atom is 0.296 e. The second kappa shape index (κ2) is 8.08. The van der Waals surface area contributed by atoms with Crippen molar-refractivity contribution >= 4 is 39.9 Å². The summed E-state index contributed by atoms with van der Waals surface area (Å²) in [5.41, 5.74) is 1.78. The van der Waals surface area contributed by atoms with E-state index in [1.165, 1.54) is 40.3 Å². The highest BCUT2D eigenvalue weighted by Gasteiger charge is 2.46. The lowest BCUT2D eigenvalue weighted by Crippen LogP contribution is -2.31. The Labute approximate surface area is 181 Å². The van der Waals surface area contributed by atoms with Crippen molar-refractivity contribution in [3.05, 3.63) is 70.9 Å². The maximum absolute atomic E-state index is 13.1. The number of aliphatic hydroxyl groups is 1. The van der Waals surface area contributed by atoms with Gasteiger partial charge < -0.3 is 9.52 Å². The summed E-state index contributed by atoms with van der Waals surface area (Å²) in [6.07, 6.45) is 3.24. The lowest BCUT2D eigenvalue weighted by molar-refractivity contribution is -0.117. The number of ketones is 1. The summed E-state index contributed by atoms with van der Waals surface area (Å²) < 4.78 is 5.91. The summed E-state index contributed by atoms with van der Waals surface area (Å²) in [6, 6.07) is 9.91. The Balaban J connectivity index is 1.84. The smallest absolute Gasteiger partial charge is 0.296 e. The predicted molar refractivity (Wildman–Crippen MR) is 115 cm³/mol. The van der Waals surface area contributed by atoms with Gasteiger partial charge in [0.2, 0.25) is 10.9 Å². The molecule has 0 aliphatic carbocycles. The Morgan fingerprint density at radius 2 is 1.97 bits per heavy atom. The van der Waals surface area contributed by atoms with Gasteiger partial charge in [-0.3, -0.25) is 14.5 Å². The maximum atomic E-state index is 13.1. The van der Waals surface area contributed by atoms with Crippen molar-refractivity contribution < 1.29 is 19.1 Å². The topological polar surface area (TPSA) is 96.5 Å². The van der Waals surface area contributed by atoms with Crippen LogP contribution in [-0.2, 0) is 4.79 Å². The summed E-state index contributed by atoms with van der Waals surface area (Å²) >= 11 is 2.63. The SMILES string of the molecule is CSc1nnc(N2C(=O)C(O)=C(C(=O)c3ccco3)C2c2ccc(C(C)C)cc2)s1. The molecule has 0 radical (unpaired) electrons. The highest BCUT2D eigenvalue weighted by atomic mass is 32.2. The minimum absolute atomic E-state index is 0.0341. The standard InChI is InChI=1S/C21H19N3O4S2/c1-11(2)12-6-8-13(9-7-12)16-15(17(25)14-5-4-10-28-14)18(26)19(27)24(16)20-22-23-21(29-3)30-20/h4-11,16,26H,1-3H3. The van der Waals surface area contributed by atoms with Gasteiger partial charge in [0.05, 0.1) is 17.9 Å². The first-order valence-corrected chi connectivity index (χ1v) is 11.3. The number of amides is 1. The van der Waals surface area contributed by atoms with Crippen molar-refractivity contribution in [2.45, 2.75) is 30.1 Å². The van der Waals surface area contributed by atoms with Gasteiger partial charge in [0.15, 0.2) is 15.9 Å². The van der Waals surface area contributed by atoms with Crippen LogP contribution in [0.25, 0.3) is 0 Å². The molecule has 3 aromatic rings. The minimum atomic E-state index is -0.834. The molecule has 3 heterocycles. The minimum Gasteiger partial charge on any atom is -0.503 e. The molecule has 154 valence electrons. The summed E-state index contributed by atoms with van der Waals surface area (Å²) in [7, 11) is 0. The van der Waals surface area contributed by atoms with E-state index in [1.807, 2.05) is 30.5 Å². The average molecular weight is 442 g/mol. The first-order chi connectivity index (χ1) is 14.4. The molecule has 1 atom stereocenters. The number of anilines is 1. The zero-order valence-corrected chi connectivity index (χ0v) is 18.2. The third-order valence-electron chi connectivity index (χ3n) is 4.89. The fourth-order valence-corrected chi connectivity index (χ4v) is 4.62. The molecule has 0 saturated carbocycles. The van der Waals surface area contributed by atoms with Crippen molar-refractivity contribution in [3.8, 4) is 0 Å². The summed E-state index contributed by atoms with van der Waals surface area (Å²) in [6.45, 7) is 4.17. The molecule has 0 spiro atoms. The summed E-state index contributed by atoms with van der Waals surface area (Å²) in [5.74, 6) is -1.44. The van der Waals surface area contributed by atoms with Crippen molar-refractivity contribution in [1.29, 1.82) is 0 Å². The number of aliphatic hydroxyl groups excluding tert-OH is 1. The normalized spacial score (nSPS) is 16.7. The molecule has 1 aliphatic rings. The molecule has 9 heteroatoms. The van der Waals surface area contributed by atoms with Crippen LogP contribution in [0.15, 0.2) is 62.8 Å². The molecule has 0 fully saturated rings. The monoisotopic (exact) mass is 441 g/mol. The third kappa shape index (κ3) is 3.44. The zero-order chi connectivity index (χ0) is 21.4. The highest BCUT2D eigenvalue weighted by molar-refractivity contribution is 8.00. The van der Waals surface area contributed by atoms with Crippen molar-refractivity contribution in [3.63, 3.8) is 0 Å². The number of rotatable bonds is 6. The van der Waals surface area contributed by atoms with Crippen molar-refractivity contribution in [2.75, 3.05) is 11.2 Å². The second-order valence-corrected chi connectivity index (χ2v) is 9.03. The van der Waals surface area contributed by atoms with E-state index in [9.17, 15) is 14.7 Å². The van der Waals surface area contributed by atoms with E-state index in [1.54, 1.807) is 6.07 Å². The average Bonchev–Trinajstić information content (AvgIpc) is 3.48. The van der Waals surface area contributed by atoms with Gasteiger partial charge in [-0.05, 0) is 35.4 Å². The number of benzene rings is 1. The van der Waals surface area contributed by atoms with Crippen molar-refractivity contribution in [2.24, 2.45) is 0 Å². The number of furan rings is 1. The van der Waals surface area contributed by atoms with Gasteiger partial charge in [-0.25, -0.2) is 0 Å². The zero-order valence-electron chi connectivity index (χ0n) is 16.5. The lowest BCUT2D eigenvalue weighted by Gasteiger charge is -2.24. The van der Waals surface area contributed by atoms with E-state index in [2.05, 4.69) is 24.0 Å². The Hall–Kier alpha value is -2.91. The Bertz CT molecular complexity index is 1120. The highest BCUT2D eigenvalue weighted by Crippen LogP contribution is 2.43. The van der Waals surface area contributed by atoms with Crippen LogP contribution in [0.5, 0.6) is 0 Å². The van der Waals surface area contributed by atoms with Gasteiger partial charge in [-0.15, -0.1) is 10.2 Å². The number of Topliss-reactive ketones (excluding diaryl/α,β-unsaturated/α-hetero) is 1. The molecule has 1 amide bonds. The quantitative estimate of drug-likeness (QED) is 0.335. The van der Waals surface area contributed by atoms with Crippen LogP contribution in [0.4, 0.5) is 5.13 Å². The van der Waals surface area contributed by atoms with E-state index >= 15 is 0 Å². The Morgan fingerprint density at radius 3 is 2.53 bits per heavy atom. The Kier molecular flexibility index (Phi) is 5.48. The molecule has 7 nitrogen and oxygen atoms in total. The first-order valence-electron chi connectivity index (χ1n) is 9.24. The fraction of sp³-hybridized carbons (Fsp3) is 0.238. The van der Waals surface area contributed by atoms with E-state index in [-0.39, 0.29) is 11.3 Å². The molecule has 1 aliphatic heterocycles. The molecular weight excluding hydrogens is 422 g/mol. The number of nitrogens with zero attached hydrogens (tertiary/aromatic N) is 3. The third-order valence-corrected chi connectivity index (χ3v) is 6.79. The molecular formula is C21H19N3O4S2. The van der Waals surface area contributed by atoms with Gasteiger partial charge in [0.25, 0.3) is 5.91 Å². The number of hydrogen-bond acceptors (Lipinski definition) is 8. The Morgan fingerprint density at radius 1 is 1.23 bits per heavy atom. The molecule has 2 aromatic heterocycles. The number of hydrogen-bond donors (Lipinski definition) is 1. The van der Waals surface area contributed by atoms with Crippen LogP contribution < -0.4 is 4.90 Å². The lowest BCUT2D eigenvalue weighted by atomic mass is 9.93. The van der Waals surface area contributed by atoms with Crippen LogP contribution >= 0.6 is 23.1 Å². The first kappa shape index (κ1) is 20.4. The fourth-order valence-electron chi connectivity index (χ4n) is 3.34. The number of carbonyl (C=O) groups is 2. The molecule has 0 saturated heterocycles. The van der Waals surface area contributed by atoms with Gasteiger partial charge in [0, 0.05) is 0 Å². The van der Waals surface area contributed by atoms with E-state index in [4.69, 9.17) is 4.42 Å². The van der Waals surface area contributed by atoms with Crippen LogP contribution in [0, 0.1) is 0 Å². The van der Waals surface area contributed by atoms with Gasteiger partial charge in [-0.2, -0.15) is 0 Å². The summed E-state index contributed by atoms with van der Waals surface area (Å²) in [4.78, 5) is 27.5. The van der Waals surface area contributed by atoms with Gasteiger partial charge >= 0.3 is 0 Å². The van der Waals surface area contributed by atoms with Gasteiger partial charge in [-0.1, -0.05) is 61.2 Å². The van der Waals surface area contributed by atoms with E-state index in [0.29, 0.717) is 21.0 Å². The molecule has 1 unspecified atom stereocenters.